The second kappa shape index (κ2) is 10.0. The monoisotopic (exact) mass is 442 g/mol. The van der Waals surface area contributed by atoms with Crippen LogP contribution in [-0.4, -0.2) is 39.8 Å². The molecule has 1 amide bonds. The maximum Gasteiger partial charge on any atom is 0.229 e. The average molecular weight is 443 g/mol. The summed E-state index contributed by atoms with van der Waals surface area (Å²) in [5, 5.41) is 12.1. The summed E-state index contributed by atoms with van der Waals surface area (Å²) in [6.45, 7) is 6.36. The Bertz CT molecular complexity index is 809. The summed E-state index contributed by atoms with van der Waals surface area (Å²) in [7, 11) is 0. The van der Waals surface area contributed by atoms with Crippen LogP contribution >= 0.6 is 34.7 Å². The van der Waals surface area contributed by atoms with Gasteiger partial charge in [0.25, 0.3) is 0 Å². The minimum absolute atomic E-state index is 0.00566. The van der Waals surface area contributed by atoms with Crippen LogP contribution in [0.4, 0.5) is 9.52 Å². The highest BCUT2D eigenvalue weighted by molar-refractivity contribution is 8.01. The Morgan fingerprint density at radius 3 is 2.82 bits per heavy atom. The number of benzene rings is 1. The zero-order valence-corrected chi connectivity index (χ0v) is 18.3. The zero-order chi connectivity index (χ0) is 20.1. The molecule has 0 aliphatic carbocycles. The standard InChI is InChI=1S/C19H24ClFN4OS2/c1-12(2)11-27-19-24-23-18(28-19)22-17(26)13-5-7-25(8-6-13)10-14-3-4-15(20)9-16(14)21/h3-4,9,12-13H,5-8,10-11H2,1-2H3,(H,22,23,26). The van der Waals surface area contributed by atoms with Crippen LogP contribution in [0.15, 0.2) is 22.5 Å². The van der Waals surface area contributed by atoms with Gasteiger partial charge in [0.05, 0.1) is 0 Å². The molecule has 2 aromatic rings. The average Bonchev–Trinajstić information content (AvgIpc) is 3.10. The van der Waals surface area contributed by atoms with E-state index >= 15 is 0 Å². The third kappa shape index (κ3) is 6.14. The topological polar surface area (TPSA) is 58.1 Å². The molecule has 0 bridgehead atoms. The molecule has 5 nitrogen and oxygen atoms in total. The predicted octanol–water partition coefficient (Wildman–Crippen LogP) is 4.93. The summed E-state index contributed by atoms with van der Waals surface area (Å²) >= 11 is 8.89. The Hall–Kier alpha value is -1.22. The molecule has 1 saturated heterocycles. The summed E-state index contributed by atoms with van der Waals surface area (Å²) in [6, 6.07) is 4.77. The Morgan fingerprint density at radius 2 is 2.14 bits per heavy atom. The molecule has 1 aliphatic heterocycles. The number of likely N-dealkylation sites (tertiary alicyclic amines) is 1. The number of hydrogen-bond donors (Lipinski definition) is 1. The van der Waals surface area contributed by atoms with Crippen molar-refractivity contribution in [3.05, 3.63) is 34.6 Å². The Morgan fingerprint density at radius 1 is 1.39 bits per heavy atom. The summed E-state index contributed by atoms with van der Waals surface area (Å²) < 4.78 is 14.8. The lowest BCUT2D eigenvalue weighted by molar-refractivity contribution is -0.121. The van der Waals surface area contributed by atoms with Crippen molar-refractivity contribution in [2.75, 3.05) is 24.2 Å². The molecule has 9 heteroatoms. The van der Waals surface area contributed by atoms with Gasteiger partial charge in [0.15, 0.2) is 4.34 Å². The van der Waals surface area contributed by atoms with Gasteiger partial charge in [-0.05, 0) is 44.0 Å². The van der Waals surface area contributed by atoms with Crippen LogP contribution in [0.1, 0.15) is 32.3 Å². The number of aromatic nitrogens is 2. The summed E-state index contributed by atoms with van der Waals surface area (Å²) in [5.74, 6) is 1.22. The molecule has 1 aromatic carbocycles. The smallest absolute Gasteiger partial charge is 0.229 e. The molecule has 1 N–H and O–H groups in total. The number of anilines is 1. The van der Waals surface area contributed by atoms with Crippen molar-refractivity contribution in [2.24, 2.45) is 11.8 Å². The van der Waals surface area contributed by atoms with Crippen LogP contribution < -0.4 is 5.32 Å². The molecule has 1 aromatic heterocycles. The molecule has 0 unspecified atom stereocenters. The maximum absolute atomic E-state index is 14.0. The predicted molar refractivity (Wildman–Crippen MR) is 114 cm³/mol. The molecule has 2 heterocycles. The molecular weight excluding hydrogens is 419 g/mol. The molecule has 28 heavy (non-hydrogen) atoms. The molecule has 0 saturated carbocycles. The van der Waals surface area contributed by atoms with Gasteiger partial charge in [-0.3, -0.25) is 9.69 Å². The highest BCUT2D eigenvalue weighted by Crippen LogP contribution is 2.28. The van der Waals surface area contributed by atoms with E-state index in [0.29, 0.717) is 28.2 Å². The van der Waals surface area contributed by atoms with E-state index in [1.807, 2.05) is 0 Å². The second-order valence-corrected chi connectivity index (χ2v) is 10.0. The number of rotatable bonds is 7. The molecule has 3 rings (SSSR count). The first kappa shape index (κ1) is 21.5. The van der Waals surface area contributed by atoms with E-state index in [9.17, 15) is 9.18 Å². The van der Waals surface area contributed by atoms with Crippen LogP contribution in [0.3, 0.4) is 0 Å². The van der Waals surface area contributed by atoms with Crippen LogP contribution in [-0.2, 0) is 11.3 Å². The molecule has 0 atom stereocenters. The highest BCUT2D eigenvalue weighted by Gasteiger charge is 2.26. The van der Waals surface area contributed by atoms with Crippen molar-refractivity contribution in [3.63, 3.8) is 0 Å². The number of halogens is 2. The minimum atomic E-state index is -0.283. The molecule has 1 fully saturated rings. The first-order valence-electron chi connectivity index (χ1n) is 9.34. The number of nitrogens with zero attached hydrogens (tertiary/aromatic N) is 3. The number of hydrogen-bond acceptors (Lipinski definition) is 6. The van der Waals surface area contributed by atoms with Gasteiger partial charge in [-0.2, -0.15) is 0 Å². The fourth-order valence-corrected chi connectivity index (χ4v) is 4.90. The van der Waals surface area contributed by atoms with Crippen molar-refractivity contribution >= 4 is 45.7 Å². The number of piperidine rings is 1. The molecule has 1 aliphatic rings. The zero-order valence-electron chi connectivity index (χ0n) is 16.0. The van der Waals surface area contributed by atoms with Crippen molar-refractivity contribution in [1.82, 2.24) is 15.1 Å². The summed E-state index contributed by atoms with van der Waals surface area (Å²) in [5.41, 5.74) is 0.632. The third-order valence-corrected chi connectivity index (χ3v) is 7.18. The van der Waals surface area contributed by atoms with E-state index in [1.165, 1.54) is 17.4 Å². The lowest BCUT2D eigenvalue weighted by atomic mass is 9.95. The number of carbonyl (C=O) groups excluding carboxylic acids is 1. The van der Waals surface area contributed by atoms with Crippen molar-refractivity contribution in [1.29, 1.82) is 0 Å². The van der Waals surface area contributed by atoms with Gasteiger partial charge in [0.1, 0.15) is 5.82 Å². The van der Waals surface area contributed by atoms with Gasteiger partial charge < -0.3 is 5.32 Å². The lowest BCUT2D eigenvalue weighted by Crippen LogP contribution is -2.37. The van der Waals surface area contributed by atoms with Crippen molar-refractivity contribution in [3.8, 4) is 0 Å². The molecular formula is C19H24ClFN4OS2. The molecule has 0 spiro atoms. The summed E-state index contributed by atoms with van der Waals surface area (Å²) in [4.78, 5) is 14.7. The Labute approximate surface area is 178 Å². The van der Waals surface area contributed by atoms with E-state index < -0.39 is 0 Å². The van der Waals surface area contributed by atoms with Gasteiger partial charge in [0, 0.05) is 28.8 Å². The number of amides is 1. The van der Waals surface area contributed by atoms with Crippen LogP contribution in [0.2, 0.25) is 5.02 Å². The maximum atomic E-state index is 14.0. The largest absolute Gasteiger partial charge is 0.300 e. The Kier molecular flexibility index (Phi) is 7.68. The van der Waals surface area contributed by atoms with Crippen molar-refractivity contribution in [2.45, 2.75) is 37.6 Å². The van der Waals surface area contributed by atoms with Crippen LogP contribution in [0.5, 0.6) is 0 Å². The fraction of sp³-hybridized carbons (Fsp3) is 0.526. The van der Waals surface area contributed by atoms with Gasteiger partial charge >= 0.3 is 0 Å². The van der Waals surface area contributed by atoms with Gasteiger partial charge in [-0.1, -0.05) is 54.6 Å². The fourth-order valence-electron chi connectivity index (χ4n) is 3.01. The van der Waals surface area contributed by atoms with Gasteiger partial charge in [-0.25, -0.2) is 4.39 Å². The van der Waals surface area contributed by atoms with Crippen LogP contribution in [0.25, 0.3) is 0 Å². The van der Waals surface area contributed by atoms with E-state index in [1.54, 1.807) is 23.9 Å². The number of thioether (sulfide) groups is 1. The summed E-state index contributed by atoms with van der Waals surface area (Å²) in [6.07, 6.45) is 1.49. The van der Waals surface area contributed by atoms with Gasteiger partial charge in [0.2, 0.25) is 11.0 Å². The van der Waals surface area contributed by atoms with Crippen LogP contribution in [0, 0.1) is 17.7 Å². The highest BCUT2D eigenvalue weighted by atomic mass is 35.5. The first-order valence-corrected chi connectivity index (χ1v) is 11.5. The third-order valence-electron chi connectivity index (χ3n) is 4.54. The number of carbonyl (C=O) groups is 1. The van der Waals surface area contributed by atoms with E-state index in [0.717, 1.165) is 36.0 Å². The van der Waals surface area contributed by atoms with Gasteiger partial charge in [-0.15, -0.1) is 10.2 Å². The number of nitrogens with one attached hydrogen (secondary N) is 1. The molecule has 0 radical (unpaired) electrons. The SMILES string of the molecule is CC(C)CSc1nnc(NC(=O)C2CCN(Cc3ccc(Cl)cc3F)CC2)s1. The lowest BCUT2D eigenvalue weighted by Gasteiger charge is -2.31. The second-order valence-electron chi connectivity index (χ2n) is 7.35. The molecule has 152 valence electrons. The van der Waals surface area contributed by atoms with Crippen molar-refractivity contribution < 1.29 is 9.18 Å². The first-order chi connectivity index (χ1) is 13.4. The van der Waals surface area contributed by atoms with E-state index in [2.05, 4.69) is 34.3 Å². The normalized spacial score (nSPS) is 15.9. The Balaban J connectivity index is 1.46. The van der Waals surface area contributed by atoms with E-state index in [-0.39, 0.29) is 17.6 Å². The van der Waals surface area contributed by atoms with E-state index in [4.69, 9.17) is 11.6 Å². The minimum Gasteiger partial charge on any atom is -0.300 e. The quantitative estimate of drug-likeness (QED) is 0.486.